The van der Waals surface area contributed by atoms with Gasteiger partial charge in [0, 0.05) is 12.6 Å². The SMILES string of the molecule is CCOC(=O)c1ncsc1NC(C)CN(CC)CC. The lowest BCUT2D eigenvalue weighted by Crippen LogP contribution is -2.34. The van der Waals surface area contributed by atoms with E-state index in [4.69, 9.17) is 4.74 Å². The zero-order valence-corrected chi connectivity index (χ0v) is 12.9. The second kappa shape index (κ2) is 8.12. The van der Waals surface area contributed by atoms with E-state index in [-0.39, 0.29) is 12.0 Å². The molecule has 19 heavy (non-hydrogen) atoms. The zero-order valence-electron chi connectivity index (χ0n) is 12.1. The normalized spacial score (nSPS) is 12.5. The van der Waals surface area contributed by atoms with Crippen molar-refractivity contribution in [3.05, 3.63) is 11.2 Å². The Morgan fingerprint density at radius 1 is 1.47 bits per heavy atom. The van der Waals surface area contributed by atoms with Crippen LogP contribution in [0.25, 0.3) is 0 Å². The van der Waals surface area contributed by atoms with Gasteiger partial charge in [0.1, 0.15) is 5.00 Å². The molecule has 5 nitrogen and oxygen atoms in total. The fraction of sp³-hybridized carbons (Fsp3) is 0.692. The first kappa shape index (κ1) is 15.9. The summed E-state index contributed by atoms with van der Waals surface area (Å²) in [6, 6.07) is 0.258. The number of nitrogens with zero attached hydrogens (tertiary/aromatic N) is 2. The number of hydrogen-bond donors (Lipinski definition) is 1. The van der Waals surface area contributed by atoms with Gasteiger partial charge in [0.05, 0.1) is 12.1 Å². The Kier molecular flexibility index (Phi) is 6.80. The molecule has 1 aromatic heterocycles. The van der Waals surface area contributed by atoms with E-state index < -0.39 is 0 Å². The largest absolute Gasteiger partial charge is 0.461 e. The minimum Gasteiger partial charge on any atom is -0.461 e. The fourth-order valence-electron chi connectivity index (χ4n) is 1.83. The van der Waals surface area contributed by atoms with Crippen LogP contribution in [0.4, 0.5) is 5.00 Å². The first-order chi connectivity index (χ1) is 9.12. The molecule has 108 valence electrons. The van der Waals surface area contributed by atoms with E-state index in [0.29, 0.717) is 12.3 Å². The summed E-state index contributed by atoms with van der Waals surface area (Å²) < 4.78 is 4.99. The van der Waals surface area contributed by atoms with Crippen molar-refractivity contribution in [2.75, 3.05) is 31.6 Å². The lowest BCUT2D eigenvalue weighted by Gasteiger charge is -2.23. The Morgan fingerprint density at radius 3 is 2.74 bits per heavy atom. The molecule has 1 atom stereocenters. The van der Waals surface area contributed by atoms with Crippen LogP contribution in [0, 0.1) is 0 Å². The average molecular weight is 285 g/mol. The highest BCUT2D eigenvalue weighted by atomic mass is 32.1. The smallest absolute Gasteiger partial charge is 0.360 e. The second-order valence-electron chi connectivity index (χ2n) is 4.28. The number of thiazole rings is 1. The van der Waals surface area contributed by atoms with E-state index >= 15 is 0 Å². The molecule has 0 bridgehead atoms. The molecule has 0 aromatic carbocycles. The molecule has 0 aliphatic rings. The molecule has 0 saturated carbocycles. The van der Waals surface area contributed by atoms with Gasteiger partial charge in [0.25, 0.3) is 0 Å². The summed E-state index contributed by atoms with van der Waals surface area (Å²) in [5.74, 6) is -0.360. The molecule has 0 amide bonds. The maximum Gasteiger partial charge on any atom is 0.360 e. The molecule has 1 N–H and O–H groups in total. The molecule has 1 rings (SSSR count). The Morgan fingerprint density at radius 2 is 2.16 bits per heavy atom. The molecule has 0 saturated heterocycles. The van der Waals surface area contributed by atoms with Crippen molar-refractivity contribution < 1.29 is 9.53 Å². The quantitative estimate of drug-likeness (QED) is 0.744. The Labute approximate surface area is 119 Å². The van der Waals surface area contributed by atoms with Crippen molar-refractivity contribution in [2.45, 2.75) is 33.7 Å². The maximum atomic E-state index is 11.7. The number of rotatable bonds is 8. The van der Waals surface area contributed by atoms with Crippen molar-refractivity contribution in [2.24, 2.45) is 0 Å². The first-order valence-corrected chi connectivity index (χ1v) is 7.59. The van der Waals surface area contributed by atoms with Gasteiger partial charge in [-0.15, -0.1) is 11.3 Å². The van der Waals surface area contributed by atoms with Gasteiger partial charge in [0.2, 0.25) is 0 Å². The Hall–Kier alpha value is -1.14. The standard InChI is InChI=1S/C13H23N3O2S/c1-5-16(6-2)8-10(4)15-12-11(14-9-19-12)13(17)18-7-3/h9-10,15H,5-8H2,1-4H3. The molecule has 1 heterocycles. The number of carbonyl (C=O) groups is 1. The summed E-state index contributed by atoms with van der Waals surface area (Å²) in [4.78, 5) is 18.1. The topological polar surface area (TPSA) is 54.5 Å². The van der Waals surface area contributed by atoms with Crippen LogP contribution < -0.4 is 5.32 Å². The van der Waals surface area contributed by atoms with E-state index in [2.05, 4.69) is 36.0 Å². The van der Waals surface area contributed by atoms with Gasteiger partial charge < -0.3 is 15.0 Å². The molecule has 0 fully saturated rings. The molecule has 6 heteroatoms. The van der Waals surface area contributed by atoms with Crippen LogP contribution in [0.3, 0.4) is 0 Å². The van der Waals surface area contributed by atoms with Gasteiger partial charge in [-0.2, -0.15) is 0 Å². The second-order valence-corrected chi connectivity index (χ2v) is 5.14. The molecular weight excluding hydrogens is 262 g/mol. The predicted octanol–water partition coefficient (Wildman–Crippen LogP) is 2.46. The summed E-state index contributed by atoms with van der Waals surface area (Å²) in [6.45, 7) is 11.5. The number of likely N-dealkylation sites (N-methyl/N-ethyl adjacent to an activating group) is 1. The van der Waals surface area contributed by atoms with Crippen LogP contribution in [0.5, 0.6) is 0 Å². The van der Waals surface area contributed by atoms with Gasteiger partial charge in [-0.1, -0.05) is 13.8 Å². The lowest BCUT2D eigenvalue weighted by atomic mass is 10.3. The number of ether oxygens (including phenoxy) is 1. The molecule has 0 aliphatic carbocycles. The Bertz CT molecular complexity index is 391. The van der Waals surface area contributed by atoms with Crippen LogP contribution >= 0.6 is 11.3 Å². The number of aromatic nitrogens is 1. The van der Waals surface area contributed by atoms with E-state index in [1.165, 1.54) is 11.3 Å². The summed E-state index contributed by atoms with van der Waals surface area (Å²) in [6.07, 6.45) is 0. The first-order valence-electron chi connectivity index (χ1n) is 6.71. The van der Waals surface area contributed by atoms with E-state index in [0.717, 1.165) is 24.6 Å². The summed E-state index contributed by atoms with van der Waals surface area (Å²) >= 11 is 1.43. The number of esters is 1. The van der Waals surface area contributed by atoms with E-state index in [9.17, 15) is 4.79 Å². The van der Waals surface area contributed by atoms with Crippen LogP contribution in [-0.4, -0.2) is 48.1 Å². The van der Waals surface area contributed by atoms with Gasteiger partial charge in [0.15, 0.2) is 5.69 Å². The predicted molar refractivity (Wildman–Crippen MR) is 78.9 cm³/mol. The average Bonchev–Trinajstić information content (AvgIpc) is 2.84. The summed E-state index contributed by atoms with van der Waals surface area (Å²) in [5.41, 5.74) is 2.05. The van der Waals surface area contributed by atoms with Gasteiger partial charge >= 0.3 is 5.97 Å². The molecule has 1 unspecified atom stereocenters. The number of carbonyl (C=O) groups excluding carboxylic acids is 1. The fourth-order valence-corrected chi connectivity index (χ4v) is 2.61. The molecule has 1 aromatic rings. The minimum absolute atomic E-state index is 0.258. The summed E-state index contributed by atoms with van der Waals surface area (Å²) in [7, 11) is 0. The molecule has 0 aliphatic heterocycles. The maximum absolute atomic E-state index is 11.7. The van der Waals surface area contributed by atoms with Crippen molar-refractivity contribution >= 4 is 22.3 Å². The number of hydrogen-bond acceptors (Lipinski definition) is 6. The molecular formula is C13H23N3O2S. The van der Waals surface area contributed by atoms with Crippen LogP contribution in [0.2, 0.25) is 0 Å². The zero-order chi connectivity index (χ0) is 14.3. The number of nitrogens with one attached hydrogen (secondary N) is 1. The highest BCUT2D eigenvalue weighted by Gasteiger charge is 2.18. The van der Waals surface area contributed by atoms with Gasteiger partial charge in [-0.3, -0.25) is 0 Å². The van der Waals surface area contributed by atoms with Crippen molar-refractivity contribution in [1.82, 2.24) is 9.88 Å². The van der Waals surface area contributed by atoms with Gasteiger partial charge in [-0.05, 0) is 26.9 Å². The van der Waals surface area contributed by atoms with Crippen LogP contribution in [-0.2, 0) is 4.74 Å². The minimum atomic E-state index is -0.360. The molecule has 0 spiro atoms. The monoisotopic (exact) mass is 285 g/mol. The Balaban J connectivity index is 2.62. The number of anilines is 1. The third kappa shape index (κ3) is 4.80. The highest BCUT2D eigenvalue weighted by Crippen LogP contribution is 2.22. The summed E-state index contributed by atoms with van der Waals surface area (Å²) in [5, 5.41) is 4.13. The van der Waals surface area contributed by atoms with Crippen molar-refractivity contribution in [1.29, 1.82) is 0 Å². The highest BCUT2D eigenvalue weighted by molar-refractivity contribution is 7.14. The van der Waals surface area contributed by atoms with E-state index in [1.807, 2.05) is 0 Å². The van der Waals surface area contributed by atoms with Gasteiger partial charge in [-0.25, -0.2) is 9.78 Å². The third-order valence-corrected chi connectivity index (χ3v) is 3.60. The van der Waals surface area contributed by atoms with E-state index in [1.54, 1.807) is 12.4 Å². The van der Waals surface area contributed by atoms with Crippen molar-refractivity contribution in [3.63, 3.8) is 0 Å². The van der Waals surface area contributed by atoms with Crippen molar-refractivity contribution in [3.8, 4) is 0 Å². The third-order valence-electron chi connectivity index (χ3n) is 2.84. The lowest BCUT2D eigenvalue weighted by molar-refractivity contribution is 0.0521. The molecule has 0 radical (unpaired) electrons. The van der Waals surface area contributed by atoms with Crippen LogP contribution in [0.1, 0.15) is 38.2 Å². The van der Waals surface area contributed by atoms with Crippen LogP contribution in [0.15, 0.2) is 5.51 Å².